The highest BCUT2D eigenvalue weighted by molar-refractivity contribution is 5.92. The Morgan fingerprint density at radius 3 is 2.67 bits per heavy atom. The van der Waals surface area contributed by atoms with E-state index >= 15 is 0 Å². The first-order chi connectivity index (χ1) is 17.6. The van der Waals surface area contributed by atoms with Gasteiger partial charge in [0, 0.05) is 18.7 Å². The number of fused-ring (bicyclic) bond motifs is 1. The van der Waals surface area contributed by atoms with Crippen molar-refractivity contribution in [2.24, 2.45) is 23.7 Å². The number of aryl methyl sites for hydroxylation is 1. The van der Waals surface area contributed by atoms with Crippen LogP contribution >= 0.6 is 0 Å². The Balaban J connectivity index is 1.40. The van der Waals surface area contributed by atoms with Gasteiger partial charge in [0.15, 0.2) is 5.65 Å². The molecule has 2 aliphatic rings. The molecule has 0 saturated heterocycles. The summed E-state index contributed by atoms with van der Waals surface area (Å²) in [7, 11) is 1.93. The molecule has 2 saturated carbocycles. The minimum Gasteiger partial charge on any atom is -0.342 e. The molecular weight excluding hydrogens is 454 g/mol. The van der Waals surface area contributed by atoms with E-state index in [9.17, 15) is 9.59 Å². The number of aldehydes is 1. The van der Waals surface area contributed by atoms with E-state index < -0.39 is 0 Å². The van der Waals surface area contributed by atoms with Gasteiger partial charge in [-0.15, -0.1) is 0 Å². The highest BCUT2D eigenvalue weighted by Gasteiger charge is 2.47. The predicted molar refractivity (Wildman–Crippen MR) is 136 cm³/mol. The Kier molecular flexibility index (Phi) is 7.46. The molecule has 3 aromatic heterocycles. The van der Waals surface area contributed by atoms with Crippen LogP contribution in [0.25, 0.3) is 5.65 Å². The summed E-state index contributed by atoms with van der Waals surface area (Å²) < 4.78 is 3.52. The third-order valence-corrected chi connectivity index (χ3v) is 7.66. The Morgan fingerprint density at radius 2 is 2.00 bits per heavy atom. The zero-order valence-corrected chi connectivity index (χ0v) is 21.3. The molecule has 1 amide bonds. The van der Waals surface area contributed by atoms with E-state index in [-0.39, 0.29) is 17.9 Å². The van der Waals surface area contributed by atoms with Gasteiger partial charge in [-0.3, -0.25) is 9.48 Å². The molecule has 36 heavy (non-hydrogen) atoms. The number of carbonyl (C=O) groups excluding carboxylic acids is 2. The van der Waals surface area contributed by atoms with Gasteiger partial charge < -0.3 is 15.4 Å². The minimum absolute atomic E-state index is 0.0263. The van der Waals surface area contributed by atoms with Crippen molar-refractivity contribution >= 4 is 17.8 Å². The number of nitrogens with one attached hydrogen (secondary N) is 2. The highest BCUT2D eigenvalue weighted by atomic mass is 16.2. The third kappa shape index (κ3) is 5.51. The summed E-state index contributed by atoms with van der Waals surface area (Å²) in [5.74, 6) is 1.53. The smallest absolute Gasteiger partial charge is 0.270 e. The van der Waals surface area contributed by atoms with Crippen LogP contribution in [0.4, 0.5) is 0 Å². The first-order valence-electron chi connectivity index (χ1n) is 13.4. The lowest BCUT2D eigenvalue weighted by Gasteiger charge is -2.27. The van der Waals surface area contributed by atoms with Crippen molar-refractivity contribution in [1.29, 1.82) is 0 Å². The van der Waals surface area contributed by atoms with Crippen molar-refractivity contribution in [2.75, 3.05) is 13.6 Å². The van der Waals surface area contributed by atoms with Gasteiger partial charge >= 0.3 is 0 Å². The van der Waals surface area contributed by atoms with Crippen molar-refractivity contribution in [3.8, 4) is 0 Å². The molecule has 3 aromatic rings. The summed E-state index contributed by atoms with van der Waals surface area (Å²) in [6.07, 6.45) is 13.9. The molecule has 2 atom stereocenters. The van der Waals surface area contributed by atoms with Crippen LogP contribution < -0.4 is 10.6 Å². The number of amides is 1. The SMILES string of the molecule is CCn1nccc1C(=O)NC(c1cn2ncc(CC(C=O)CCCNC)cc2n1)C(C1CC1)C1CC1. The first kappa shape index (κ1) is 24.6. The van der Waals surface area contributed by atoms with Gasteiger partial charge in [0.25, 0.3) is 5.91 Å². The van der Waals surface area contributed by atoms with Crippen LogP contribution in [0.3, 0.4) is 0 Å². The quantitative estimate of drug-likeness (QED) is 0.265. The second-order valence-electron chi connectivity index (χ2n) is 10.4. The molecule has 9 nitrogen and oxygen atoms in total. The maximum absolute atomic E-state index is 13.3. The molecule has 9 heteroatoms. The van der Waals surface area contributed by atoms with E-state index in [2.05, 4.69) is 20.8 Å². The second-order valence-corrected chi connectivity index (χ2v) is 10.4. The van der Waals surface area contributed by atoms with Crippen LogP contribution in [0.15, 0.2) is 30.7 Å². The second kappa shape index (κ2) is 10.9. The Labute approximate surface area is 212 Å². The molecule has 0 aromatic carbocycles. The fourth-order valence-corrected chi connectivity index (χ4v) is 5.51. The zero-order valence-electron chi connectivity index (χ0n) is 21.3. The molecule has 2 fully saturated rings. The molecule has 192 valence electrons. The summed E-state index contributed by atoms with van der Waals surface area (Å²) >= 11 is 0. The van der Waals surface area contributed by atoms with E-state index in [1.165, 1.54) is 25.7 Å². The van der Waals surface area contributed by atoms with E-state index in [0.717, 1.165) is 42.6 Å². The third-order valence-electron chi connectivity index (χ3n) is 7.66. The summed E-state index contributed by atoms with van der Waals surface area (Å²) in [6, 6.07) is 3.64. The van der Waals surface area contributed by atoms with Crippen LogP contribution in [0.2, 0.25) is 0 Å². The maximum Gasteiger partial charge on any atom is 0.270 e. The number of carbonyl (C=O) groups is 2. The van der Waals surface area contributed by atoms with Crippen molar-refractivity contribution in [2.45, 2.75) is 64.5 Å². The zero-order chi connectivity index (χ0) is 25.1. The van der Waals surface area contributed by atoms with Gasteiger partial charge in [0.1, 0.15) is 12.0 Å². The fraction of sp³-hybridized carbons (Fsp3) is 0.593. The van der Waals surface area contributed by atoms with E-state index in [1.54, 1.807) is 21.5 Å². The molecular formula is C27H37N7O2. The maximum atomic E-state index is 13.3. The summed E-state index contributed by atoms with van der Waals surface area (Å²) in [6.45, 7) is 3.53. The van der Waals surface area contributed by atoms with E-state index in [4.69, 9.17) is 4.98 Å². The van der Waals surface area contributed by atoms with Crippen LogP contribution in [-0.2, 0) is 17.8 Å². The Hall–Kier alpha value is -3.07. The molecule has 0 spiro atoms. The van der Waals surface area contributed by atoms with Crippen LogP contribution in [0.5, 0.6) is 0 Å². The molecule has 3 heterocycles. The molecule has 2 unspecified atom stereocenters. The summed E-state index contributed by atoms with van der Waals surface area (Å²) in [4.78, 5) is 29.9. The lowest BCUT2D eigenvalue weighted by molar-refractivity contribution is -0.111. The van der Waals surface area contributed by atoms with Crippen molar-refractivity contribution in [3.05, 3.63) is 47.7 Å². The Morgan fingerprint density at radius 1 is 1.22 bits per heavy atom. The topological polar surface area (TPSA) is 106 Å². The molecule has 0 radical (unpaired) electrons. The number of nitrogens with zero attached hydrogens (tertiary/aromatic N) is 5. The summed E-state index contributed by atoms with van der Waals surface area (Å²) in [5.41, 5.74) is 3.20. The fourth-order valence-electron chi connectivity index (χ4n) is 5.51. The monoisotopic (exact) mass is 491 g/mol. The number of aromatic nitrogens is 5. The minimum atomic E-state index is -0.160. The number of hydrogen-bond acceptors (Lipinski definition) is 6. The first-order valence-corrected chi connectivity index (χ1v) is 13.4. The number of imidazole rings is 1. The number of hydrogen-bond donors (Lipinski definition) is 2. The van der Waals surface area contributed by atoms with Crippen LogP contribution in [0, 0.1) is 23.7 Å². The van der Waals surface area contributed by atoms with Crippen LogP contribution in [0.1, 0.15) is 73.2 Å². The molecule has 2 N–H and O–H groups in total. The van der Waals surface area contributed by atoms with Crippen molar-refractivity contribution < 1.29 is 9.59 Å². The largest absolute Gasteiger partial charge is 0.342 e. The average molecular weight is 492 g/mol. The lowest BCUT2D eigenvalue weighted by atomic mass is 9.87. The van der Waals surface area contributed by atoms with Crippen molar-refractivity contribution in [1.82, 2.24) is 35.0 Å². The molecule has 0 bridgehead atoms. The standard InChI is InChI=1S/C27H37N7O2/c1-3-33-23(10-12-29-33)27(36)32-26(25(20-6-7-20)21-8-9-21)22-16-34-24(31-22)14-19(15-30-34)13-18(17-35)5-4-11-28-2/h10,12,14-18,20-21,25-26,28H,3-9,11,13H2,1-2H3,(H,32,36). The van der Waals surface area contributed by atoms with Gasteiger partial charge in [-0.25, -0.2) is 9.50 Å². The molecule has 0 aliphatic heterocycles. The van der Waals surface area contributed by atoms with Gasteiger partial charge in [0.05, 0.1) is 24.1 Å². The predicted octanol–water partition coefficient (Wildman–Crippen LogP) is 3.21. The van der Waals surface area contributed by atoms with Gasteiger partial charge in [0.2, 0.25) is 0 Å². The van der Waals surface area contributed by atoms with Crippen molar-refractivity contribution in [3.63, 3.8) is 0 Å². The normalized spacial score (nSPS) is 17.4. The average Bonchev–Trinajstić information content (AvgIpc) is 3.81. The van der Waals surface area contributed by atoms with E-state index in [0.29, 0.717) is 36.4 Å². The number of rotatable bonds is 14. The van der Waals surface area contributed by atoms with Gasteiger partial charge in [-0.2, -0.15) is 10.2 Å². The van der Waals surface area contributed by atoms with E-state index in [1.807, 2.05) is 32.4 Å². The van der Waals surface area contributed by atoms with Crippen LogP contribution in [-0.4, -0.2) is 50.2 Å². The van der Waals surface area contributed by atoms with Gasteiger partial charge in [-0.05, 0) is 101 Å². The van der Waals surface area contributed by atoms with Gasteiger partial charge in [-0.1, -0.05) is 0 Å². The highest BCUT2D eigenvalue weighted by Crippen LogP contribution is 2.54. The molecule has 2 aliphatic carbocycles. The Bertz CT molecular complexity index is 1180. The lowest BCUT2D eigenvalue weighted by Crippen LogP contribution is -2.36. The summed E-state index contributed by atoms with van der Waals surface area (Å²) in [5, 5.41) is 15.4. The molecule has 5 rings (SSSR count).